The lowest BCUT2D eigenvalue weighted by atomic mass is 9.83. The second kappa shape index (κ2) is 15.6. The number of fused-ring (bicyclic) bond motifs is 7. The van der Waals surface area contributed by atoms with E-state index in [4.69, 9.17) is 14.4 Å². The zero-order valence-electron chi connectivity index (χ0n) is 38.6. The van der Waals surface area contributed by atoms with Crippen LogP contribution in [0, 0.1) is 41.5 Å². The minimum atomic E-state index is 0.255. The summed E-state index contributed by atoms with van der Waals surface area (Å²) in [5.41, 5.74) is 25.3. The lowest BCUT2D eigenvalue weighted by molar-refractivity contribution is 0.476. The number of phenols is 1. The molecular formula is C62H49N3O2. The van der Waals surface area contributed by atoms with Crippen molar-refractivity contribution >= 4 is 33.0 Å². The monoisotopic (exact) mass is 867 g/mol. The van der Waals surface area contributed by atoms with E-state index in [0.717, 1.165) is 130 Å². The van der Waals surface area contributed by atoms with E-state index in [9.17, 15) is 5.11 Å². The average Bonchev–Trinajstić information content (AvgIpc) is 3.89. The molecule has 67 heavy (non-hydrogen) atoms. The van der Waals surface area contributed by atoms with E-state index in [1.807, 2.05) is 12.1 Å². The molecule has 0 saturated carbocycles. The lowest BCUT2D eigenvalue weighted by Gasteiger charge is -2.21. The van der Waals surface area contributed by atoms with Gasteiger partial charge < -0.3 is 9.52 Å². The first kappa shape index (κ1) is 40.5. The number of nitrogens with zero attached hydrogens (tertiary/aromatic N) is 3. The molecule has 0 saturated heterocycles. The SMILES string of the molecule is Cc1cc(C)cc(-c2cccc(-c3cc(C)cc(C)c3)c2-c2cc(-c3cccc4c3nc(-c3ccc5c(n3)-c3c(O)cccc3CC5)n4-c3c(C)cccc3C)cc3oc4ccccc4c23)c1. The standard InChI is InChI=1S/C62H49N3O2/c1-35-27-36(2)30-43(29-35)46-17-11-18-47(44-31-37(3)28-38(4)32-44)57(46)50-33-45(34-55-58(50)49-16-7-8-22-54(49)67-55)48-19-12-20-52-60(48)64-62(65(52)61-39(5)13-9-14-40(61)6)51-26-25-42-24-23-41-15-10-21-53(66)56(41)59(42)63-51/h7-22,25-34,66H,23-24H2,1-6H3. The van der Waals surface area contributed by atoms with Crippen LogP contribution in [0.5, 0.6) is 5.75 Å². The molecule has 324 valence electrons. The third-order valence-electron chi connectivity index (χ3n) is 13.8. The summed E-state index contributed by atoms with van der Waals surface area (Å²) in [7, 11) is 0. The second-order valence-corrected chi connectivity index (χ2v) is 18.7. The molecule has 0 spiro atoms. The molecule has 3 aromatic heterocycles. The molecule has 0 atom stereocenters. The number of rotatable bonds is 6. The Morgan fingerprint density at radius 3 is 1.82 bits per heavy atom. The van der Waals surface area contributed by atoms with Gasteiger partial charge in [-0.3, -0.25) is 4.57 Å². The highest BCUT2D eigenvalue weighted by Crippen LogP contribution is 2.49. The summed E-state index contributed by atoms with van der Waals surface area (Å²) >= 11 is 0. The molecule has 1 aliphatic rings. The maximum absolute atomic E-state index is 11.2. The van der Waals surface area contributed by atoms with Crippen LogP contribution in [0.25, 0.3) is 106 Å². The number of benzene rings is 8. The highest BCUT2D eigenvalue weighted by molar-refractivity contribution is 6.17. The minimum absolute atomic E-state index is 0.255. The number of aromatic nitrogens is 3. The zero-order valence-corrected chi connectivity index (χ0v) is 38.6. The predicted molar refractivity (Wildman–Crippen MR) is 276 cm³/mol. The predicted octanol–water partition coefficient (Wildman–Crippen LogP) is 16.0. The fourth-order valence-electron chi connectivity index (χ4n) is 11.0. The van der Waals surface area contributed by atoms with Crippen LogP contribution in [0.4, 0.5) is 0 Å². The van der Waals surface area contributed by atoms with Crippen molar-refractivity contribution in [2.24, 2.45) is 0 Å². The first-order valence-electron chi connectivity index (χ1n) is 23.2. The van der Waals surface area contributed by atoms with E-state index in [0.29, 0.717) is 0 Å². The molecule has 0 fully saturated rings. The third-order valence-corrected chi connectivity index (χ3v) is 13.8. The van der Waals surface area contributed by atoms with Gasteiger partial charge in [-0.25, -0.2) is 9.97 Å². The molecule has 0 aliphatic heterocycles. The van der Waals surface area contributed by atoms with Crippen LogP contribution in [0.1, 0.15) is 44.5 Å². The Morgan fingerprint density at radius 1 is 0.493 bits per heavy atom. The van der Waals surface area contributed by atoms with E-state index < -0.39 is 0 Å². The van der Waals surface area contributed by atoms with Crippen molar-refractivity contribution in [3.63, 3.8) is 0 Å². The average molecular weight is 868 g/mol. The Bertz CT molecular complexity index is 3720. The number of imidazole rings is 1. The quantitative estimate of drug-likeness (QED) is 0.181. The van der Waals surface area contributed by atoms with Crippen LogP contribution in [0.15, 0.2) is 162 Å². The molecule has 8 aromatic carbocycles. The van der Waals surface area contributed by atoms with Gasteiger partial charge in [0.05, 0.1) is 22.4 Å². The molecule has 0 bridgehead atoms. The first-order valence-corrected chi connectivity index (χ1v) is 23.2. The number of hydrogen-bond donors (Lipinski definition) is 1. The number of phenolic OH excluding ortho intramolecular Hbond substituents is 1. The van der Waals surface area contributed by atoms with Gasteiger partial charge in [0, 0.05) is 21.9 Å². The third kappa shape index (κ3) is 6.68. The Hall–Kier alpha value is -8.02. The van der Waals surface area contributed by atoms with Crippen molar-refractivity contribution in [2.75, 3.05) is 0 Å². The topological polar surface area (TPSA) is 64.1 Å². The molecule has 5 heteroatoms. The molecule has 5 nitrogen and oxygen atoms in total. The van der Waals surface area contributed by atoms with Gasteiger partial charge in [0.1, 0.15) is 22.6 Å². The summed E-state index contributed by atoms with van der Waals surface area (Å²) in [6.07, 6.45) is 1.72. The maximum atomic E-state index is 11.2. The number of furan rings is 1. The van der Waals surface area contributed by atoms with Gasteiger partial charge in [0.25, 0.3) is 0 Å². The zero-order chi connectivity index (χ0) is 45.7. The van der Waals surface area contributed by atoms with E-state index in [1.54, 1.807) is 6.07 Å². The normalized spacial score (nSPS) is 12.3. The largest absolute Gasteiger partial charge is 0.507 e. The summed E-state index contributed by atoms with van der Waals surface area (Å²) in [5, 5.41) is 13.4. The van der Waals surface area contributed by atoms with E-state index in [1.165, 1.54) is 33.4 Å². The number of hydrogen-bond acceptors (Lipinski definition) is 4. The number of aromatic hydroxyl groups is 1. The van der Waals surface area contributed by atoms with Crippen molar-refractivity contribution in [3.05, 3.63) is 202 Å². The molecule has 0 amide bonds. The fourth-order valence-corrected chi connectivity index (χ4v) is 11.0. The summed E-state index contributed by atoms with van der Waals surface area (Å²) in [4.78, 5) is 11.0. The molecule has 0 radical (unpaired) electrons. The van der Waals surface area contributed by atoms with E-state index >= 15 is 0 Å². The molecule has 11 aromatic rings. The van der Waals surface area contributed by atoms with E-state index in [-0.39, 0.29) is 5.75 Å². The molecule has 1 N–H and O–H groups in total. The fraction of sp³-hybridized carbons (Fsp3) is 0.129. The summed E-state index contributed by atoms with van der Waals surface area (Å²) in [6.45, 7) is 13.1. The summed E-state index contributed by atoms with van der Waals surface area (Å²) in [6, 6.07) is 56.5. The van der Waals surface area contributed by atoms with E-state index in [2.05, 4.69) is 186 Å². The van der Waals surface area contributed by atoms with Crippen LogP contribution >= 0.6 is 0 Å². The minimum Gasteiger partial charge on any atom is -0.507 e. The molecular weight excluding hydrogens is 819 g/mol. The Balaban J connectivity index is 1.17. The lowest BCUT2D eigenvalue weighted by Crippen LogP contribution is -2.08. The van der Waals surface area contributed by atoms with Crippen LogP contribution in [0.2, 0.25) is 0 Å². The molecule has 3 heterocycles. The molecule has 1 aliphatic carbocycles. The highest BCUT2D eigenvalue weighted by Gasteiger charge is 2.27. The van der Waals surface area contributed by atoms with Crippen LogP contribution in [-0.4, -0.2) is 19.6 Å². The Morgan fingerprint density at radius 2 is 1.10 bits per heavy atom. The maximum Gasteiger partial charge on any atom is 0.164 e. The van der Waals surface area contributed by atoms with Crippen LogP contribution in [0.3, 0.4) is 0 Å². The van der Waals surface area contributed by atoms with Crippen molar-refractivity contribution in [1.29, 1.82) is 0 Å². The smallest absolute Gasteiger partial charge is 0.164 e. The molecule has 12 rings (SSSR count). The first-order chi connectivity index (χ1) is 32.6. The van der Waals surface area contributed by atoms with Crippen molar-refractivity contribution < 1.29 is 9.52 Å². The Kier molecular flexibility index (Phi) is 9.40. The van der Waals surface area contributed by atoms with Gasteiger partial charge in [-0.1, -0.05) is 144 Å². The number of para-hydroxylation sites is 3. The number of aryl methyl sites for hydroxylation is 8. The summed E-state index contributed by atoms with van der Waals surface area (Å²) in [5.74, 6) is 0.998. The van der Waals surface area contributed by atoms with Crippen molar-refractivity contribution in [1.82, 2.24) is 14.5 Å². The van der Waals surface area contributed by atoms with Gasteiger partial charge in [0.2, 0.25) is 0 Å². The van der Waals surface area contributed by atoms with Crippen LogP contribution in [-0.2, 0) is 12.8 Å². The van der Waals surface area contributed by atoms with Crippen LogP contribution < -0.4 is 0 Å². The van der Waals surface area contributed by atoms with Gasteiger partial charge in [-0.15, -0.1) is 0 Å². The van der Waals surface area contributed by atoms with Crippen molar-refractivity contribution in [2.45, 2.75) is 54.4 Å². The van der Waals surface area contributed by atoms with Gasteiger partial charge in [-0.2, -0.15) is 0 Å². The second-order valence-electron chi connectivity index (χ2n) is 18.7. The number of pyridine rings is 1. The molecule has 0 unspecified atom stereocenters. The van der Waals surface area contributed by atoms with Crippen molar-refractivity contribution in [3.8, 4) is 78.7 Å². The van der Waals surface area contributed by atoms with Gasteiger partial charge in [0.15, 0.2) is 5.82 Å². The van der Waals surface area contributed by atoms with Gasteiger partial charge >= 0.3 is 0 Å². The highest BCUT2D eigenvalue weighted by atomic mass is 16.3. The Labute approximate surface area is 390 Å². The summed E-state index contributed by atoms with van der Waals surface area (Å²) < 4.78 is 9.18. The van der Waals surface area contributed by atoms with Gasteiger partial charge in [-0.05, 0) is 152 Å².